The van der Waals surface area contributed by atoms with Crippen LogP contribution in [0, 0.1) is 5.82 Å². The molecule has 0 saturated heterocycles. The zero-order valence-corrected chi connectivity index (χ0v) is 14.2. The summed E-state index contributed by atoms with van der Waals surface area (Å²) in [6.07, 6.45) is 0. The fourth-order valence-corrected chi connectivity index (χ4v) is 2.64. The minimum absolute atomic E-state index is 0.140. The van der Waals surface area contributed by atoms with Gasteiger partial charge in [-0.25, -0.2) is 9.18 Å². The maximum atomic E-state index is 13.3. The van der Waals surface area contributed by atoms with Crippen LogP contribution in [0.5, 0.6) is 0 Å². The van der Waals surface area contributed by atoms with E-state index in [1.54, 1.807) is 37.3 Å². The van der Waals surface area contributed by atoms with Gasteiger partial charge in [0.2, 0.25) is 0 Å². The van der Waals surface area contributed by atoms with Gasteiger partial charge in [-0.2, -0.15) is 5.10 Å². The van der Waals surface area contributed by atoms with Gasteiger partial charge in [0.05, 0.1) is 5.52 Å². The van der Waals surface area contributed by atoms with Crippen molar-refractivity contribution in [1.29, 1.82) is 0 Å². The number of carbonyl (C=O) groups excluding carboxylic acids is 2. The second-order valence-corrected chi connectivity index (χ2v) is 5.73. The van der Waals surface area contributed by atoms with E-state index in [0.29, 0.717) is 23.0 Å². The number of H-pyrrole nitrogens is 1. The van der Waals surface area contributed by atoms with Crippen molar-refractivity contribution < 1.29 is 18.7 Å². The van der Waals surface area contributed by atoms with Gasteiger partial charge in [-0.05, 0) is 30.7 Å². The van der Waals surface area contributed by atoms with Crippen molar-refractivity contribution >= 4 is 22.8 Å². The van der Waals surface area contributed by atoms with Gasteiger partial charge in [-0.15, -0.1) is 0 Å². The van der Waals surface area contributed by atoms with Crippen LogP contribution in [0.1, 0.15) is 23.0 Å². The zero-order chi connectivity index (χ0) is 18.5. The molecule has 0 saturated carbocycles. The first-order chi connectivity index (χ1) is 12.6. The number of likely N-dealkylation sites (N-methyl/N-ethyl adjacent to an activating group) is 1. The molecule has 3 aromatic rings. The number of aromatic amines is 1. The SMILES string of the molecule is CCN(Cc1cccc(F)c1)C(=O)COC(=O)c1n[nH]c2ccccc12. The molecule has 1 aromatic heterocycles. The van der Waals surface area contributed by atoms with Crippen molar-refractivity contribution in [3.63, 3.8) is 0 Å². The Balaban J connectivity index is 1.62. The third kappa shape index (κ3) is 3.88. The van der Waals surface area contributed by atoms with Gasteiger partial charge in [0.15, 0.2) is 12.3 Å². The fourth-order valence-electron chi connectivity index (χ4n) is 2.64. The molecule has 0 aliphatic rings. The molecule has 0 spiro atoms. The van der Waals surface area contributed by atoms with Gasteiger partial charge in [-0.1, -0.05) is 30.3 Å². The van der Waals surface area contributed by atoms with Crippen LogP contribution >= 0.6 is 0 Å². The lowest BCUT2D eigenvalue weighted by Gasteiger charge is -2.20. The number of aromatic nitrogens is 2. The number of carbonyl (C=O) groups is 2. The average molecular weight is 355 g/mol. The summed E-state index contributed by atoms with van der Waals surface area (Å²) in [7, 11) is 0. The number of rotatable bonds is 6. The molecule has 26 heavy (non-hydrogen) atoms. The molecule has 1 N–H and O–H groups in total. The number of amides is 1. The highest BCUT2D eigenvalue weighted by Crippen LogP contribution is 2.16. The number of fused-ring (bicyclic) bond motifs is 1. The lowest BCUT2D eigenvalue weighted by molar-refractivity contribution is -0.134. The van der Waals surface area contributed by atoms with E-state index in [-0.39, 0.29) is 24.0 Å². The summed E-state index contributed by atoms with van der Waals surface area (Å²) >= 11 is 0. The van der Waals surface area contributed by atoms with Crippen molar-refractivity contribution in [1.82, 2.24) is 15.1 Å². The standard InChI is InChI=1S/C19H18FN3O3/c1-2-23(11-13-6-5-7-14(20)10-13)17(24)12-26-19(25)18-15-8-3-4-9-16(15)21-22-18/h3-10H,2,11-12H2,1H3,(H,21,22). The van der Waals surface area contributed by atoms with Crippen molar-refractivity contribution in [3.05, 3.63) is 65.6 Å². The number of benzene rings is 2. The molecular weight excluding hydrogens is 337 g/mol. The predicted octanol–water partition coefficient (Wildman–Crippen LogP) is 2.91. The van der Waals surface area contributed by atoms with E-state index in [2.05, 4.69) is 10.2 Å². The third-order valence-corrected chi connectivity index (χ3v) is 3.99. The van der Waals surface area contributed by atoms with Crippen LogP contribution < -0.4 is 0 Å². The Labute approximate surface area is 149 Å². The Morgan fingerprint density at radius 3 is 2.77 bits per heavy atom. The third-order valence-electron chi connectivity index (χ3n) is 3.99. The number of para-hydroxylation sites is 1. The summed E-state index contributed by atoms with van der Waals surface area (Å²) in [4.78, 5) is 26.0. The minimum Gasteiger partial charge on any atom is -0.451 e. The van der Waals surface area contributed by atoms with Gasteiger partial charge in [0, 0.05) is 18.5 Å². The predicted molar refractivity (Wildman–Crippen MR) is 93.9 cm³/mol. The summed E-state index contributed by atoms with van der Waals surface area (Å²) in [5, 5.41) is 7.33. The van der Waals surface area contributed by atoms with Gasteiger partial charge >= 0.3 is 5.97 Å². The van der Waals surface area contributed by atoms with Crippen LogP contribution in [0.2, 0.25) is 0 Å². The summed E-state index contributed by atoms with van der Waals surface area (Å²) in [6.45, 7) is 2.07. The maximum absolute atomic E-state index is 13.3. The van der Waals surface area contributed by atoms with E-state index in [1.807, 2.05) is 6.07 Å². The number of ether oxygens (including phenoxy) is 1. The molecule has 0 bridgehead atoms. The topological polar surface area (TPSA) is 75.3 Å². The van der Waals surface area contributed by atoms with Crippen LogP contribution in [-0.4, -0.2) is 40.1 Å². The molecule has 2 aromatic carbocycles. The first-order valence-electron chi connectivity index (χ1n) is 8.21. The lowest BCUT2D eigenvalue weighted by atomic mass is 10.2. The van der Waals surface area contributed by atoms with Gasteiger partial charge in [0.1, 0.15) is 5.82 Å². The first-order valence-corrected chi connectivity index (χ1v) is 8.21. The molecule has 6 nitrogen and oxygen atoms in total. The van der Waals surface area contributed by atoms with Crippen molar-refractivity contribution in [3.8, 4) is 0 Å². The monoisotopic (exact) mass is 355 g/mol. The molecule has 3 rings (SSSR count). The Bertz CT molecular complexity index is 938. The van der Waals surface area contributed by atoms with E-state index >= 15 is 0 Å². The smallest absolute Gasteiger partial charge is 0.359 e. The zero-order valence-electron chi connectivity index (χ0n) is 14.2. The molecule has 7 heteroatoms. The van der Waals surface area contributed by atoms with Gasteiger partial charge in [-0.3, -0.25) is 9.89 Å². The van der Waals surface area contributed by atoms with Crippen LogP contribution in [0.15, 0.2) is 48.5 Å². The lowest BCUT2D eigenvalue weighted by Crippen LogP contribution is -2.34. The number of hydrogen-bond acceptors (Lipinski definition) is 4. The molecule has 0 fully saturated rings. The molecule has 0 aliphatic carbocycles. The van der Waals surface area contributed by atoms with E-state index in [1.165, 1.54) is 17.0 Å². The van der Waals surface area contributed by atoms with E-state index in [0.717, 1.165) is 0 Å². The quantitative estimate of drug-likeness (QED) is 0.690. The second kappa shape index (κ2) is 7.77. The Morgan fingerprint density at radius 2 is 2.00 bits per heavy atom. The molecule has 0 unspecified atom stereocenters. The highest BCUT2D eigenvalue weighted by molar-refractivity contribution is 6.02. The molecule has 0 atom stereocenters. The second-order valence-electron chi connectivity index (χ2n) is 5.73. The molecule has 134 valence electrons. The first kappa shape index (κ1) is 17.6. The van der Waals surface area contributed by atoms with Crippen LogP contribution in [0.25, 0.3) is 10.9 Å². The fraction of sp³-hybridized carbons (Fsp3) is 0.211. The number of nitrogens with zero attached hydrogens (tertiary/aromatic N) is 2. The van der Waals surface area contributed by atoms with Crippen molar-refractivity contribution in [2.24, 2.45) is 0 Å². The number of halogens is 1. The molecule has 1 heterocycles. The highest BCUT2D eigenvalue weighted by atomic mass is 19.1. The van der Waals surface area contributed by atoms with Gasteiger partial charge < -0.3 is 9.64 Å². The Morgan fingerprint density at radius 1 is 1.19 bits per heavy atom. The number of hydrogen-bond donors (Lipinski definition) is 1. The van der Waals surface area contributed by atoms with Crippen LogP contribution in [0.4, 0.5) is 4.39 Å². The molecular formula is C19H18FN3O3. The van der Waals surface area contributed by atoms with Gasteiger partial charge in [0.25, 0.3) is 5.91 Å². The molecule has 0 radical (unpaired) electrons. The van der Waals surface area contributed by atoms with Crippen LogP contribution in [0.3, 0.4) is 0 Å². The average Bonchev–Trinajstić information content (AvgIpc) is 3.08. The molecule has 1 amide bonds. The maximum Gasteiger partial charge on any atom is 0.359 e. The summed E-state index contributed by atoms with van der Waals surface area (Å²) in [6, 6.07) is 13.2. The van der Waals surface area contributed by atoms with E-state index in [9.17, 15) is 14.0 Å². The number of esters is 1. The van der Waals surface area contributed by atoms with Crippen molar-refractivity contribution in [2.75, 3.05) is 13.2 Å². The summed E-state index contributed by atoms with van der Waals surface area (Å²) < 4.78 is 18.4. The van der Waals surface area contributed by atoms with E-state index in [4.69, 9.17) is 4.74 Å². The summed E-state index contributed by atoms with van der Waals surface area (Å²) in [5.74, 6) is -1.38. The number of nitrogens with one attached hydrogen (secondary N) is 1. The normalized spacial score (nSPS) is 10.7. The van der Waals surface area contributed by atoms with Crippen molar-refractivity contribution in [2.45, 2.75) is 13.5 Å². The van der Waals surface area contributed by atoms with E-state index < -0.39 is 12.6 Å². The molecule has 0 aliphatic heterocycles. The van der Waals surface area contributed by atoms with Crippen LogP contribution in [-0.2, 0) is 16.1 Å². The Kier molecular flexibility index (Phi) is 5.26. The Hall–Kier alpha value is -3.22. The largest absolute Gasteiger partial charge is 0.451 e. The summed E-state index contributed by atoms with van der Waals surface area (Å²) in [5.41, 5.74) is 1.53. The minimum atomic E-state index is -0.669. The highest BCUT2D eigenvalue weighted by Gasteiger charge is 2.19.